The molecule has 0 aromatic heterocycles. The average molecular weight is 497 g/mol. The predicted octanol–water partition coefficient (Wildman–Crippen LogP) is 0.318. The third-order valence-electron chi connectivity index (χ3n) is 4.92. The van der Waals surface area contributed by atoms with Crippen molar-refractivity contribution in [1.82, 2.24) is 13.9 Å². The molecule has 178 valence electrons. The lowest BCUT2D eigenvalue weighted by Crippen LogP contribution is -2.49. The van der Waals surface area contributed by atoms with E-state index in [9.17, 15) is 26.4 Å². The van der Waals surface area contributed by atoms with Gasteiger partial charge < -0.3 is 15.4 Å². The van der Waals surface area contributed by atoms with E-state index in [0.717, 1.165) is 8.61 Å². The second-order valence-corrected chi connectivity index (χ2v) is 11.4. The number of carbonyl (C=O) groups excluding carboxylic acids is 2. The molecule has 0 atom stereocenters. The van der Waals surface area contributed by atoms with Crippen molar-refractivity contribution >= 4 is 37.5 Å². The number of sulfonamides is 2. The molecule has 0 bridgehead atoms. The molecule has 33 heavy (non-hydrogen) atoms. The number of carbonyl (C=O) groups is 2. The van der Waals surface area contributed by atoms with Crippen molar-refractivity contribution in [3.63, 3.8) is 0 Å². The maximum absolute atomic E-state index is 12.9. The Morgan fingerprint density at radius 3 is 2.48 bits per heavy atom. The van der Waals surface area contributed by atoms with Crippen LogP contribution in [0.1, 0.15) is 10.4 Å². The number of hydrogen-bond donors (Lipinski definition) is 2. The summed E-state index contributed by atoms with van der Waals surface area (Å²) in [6.07, 6.45) is 0. The minimum atomic E-state index is -3.98. The normalized spacial score (nSPS) is 15.2. The summed E-state index contributed by atoms with van der Waals surface area (Å²) in [4.78, 5) is 24.1. The van der Waals surface area contributed by atoms with Gasteiger partial charge in [0.1, 0.15) is 10.6 Å². The number of piperazine rings is 1. The van der Waals surface area contributed by atoms with E-state index in [-0.39, 0.29) is 46.4 Å². The molecule has 13 heteroatoms. The Labute approximate surface area is 192 Å². The van der Waals surface area contributed by atoms with Crippen LogP contribution >= 0.6 is 0 Å². The van der Waals surface area contributed by atoms with E-state index in [1.165, 1.54) is 63.7 Å². The van der Waals surface area contributed by atoms with Gasteiger partial charge in [0.25, 0.3) is 5.91 Å². The first kappa shape index (κ1) is 24.6. The molecule has 1 heterocycles. The molecule has 11 nitrogen and oxygen atoms in total. The minimum absolute atomic E-state index is 0.0466. The highest BCUT2D eigenvalue weighted by molar-refractivity contribution is 7.89. The van der Waals surface area contributed by atoms with Crippen LogP contribution in [0.25, 0.3) is 0 Å². The molecule has 2 aromatic carbocycles. The summed E-state index contributed by atoms with van der Waals surface area (Å²) < 4.78 is 58.1. The summed E-state index contributed by atoms with van der Waals surface area (Å²) in [6, 6.07) is 9.54. The van der Waals surface area contributed by atoms with Gasteiger partial charge in [-0.3, -0.25) is 9.59 Å². The number of amides is 2. The molecule has 0 saturated carbocycles. The van der Waals surface area contributed by atoms with Crippen molar-refractivity contribution < 1.29 is 31.2 Å². The molecule has 0 spiro atoms. The Morgan fingerprint density at radius 1 is 1.12 bits per heavy atom. The number of nitrogens with one attached hydrogen (secondary N) is 2. The van der Waals surface area contributed by atoms with E-state index in [2.05, 4.69) is 10.6 Å². The zero-order chi connectivity index (χ0) is 24.4. The molecular formula is C20H24N4O7S2. The van der Waals surface area contributed by atoms with Crippen LogP contribution in [0.2, 0.25) is 0 Å². The Bertz CT molecular complexity index is 1290. The molecule has 1 aliphatic rings. The summed E-state index contributed by atoms with van der Waals surface area (Å²) in [7, 11) is -3.74. The number of benzene rings is 2. The van der Waals surface area contributed by atoms with Crippen molar-refractivity contribution in [2.75, 3.05) is 46.2 Å². The molecule has 2 aromatic rings. The molecule has 0 radical (unpaired) electrons. The highest BCUT2D eigenvalue weighted by atomic mass is 32.2. The van der Waals surface area contributed by atoms with Crippen LogP contribution in [-0.2, 0) is 24.8 Å². The van der Waals surface area contributed by atoms with Gasteiger partial charge in [0, 0.05) is 38.4 Å². The zero-order valence-corrected chi connectivity index (χ0v) is 19.9. The molecular weight excluding hydrogens is 472 g/mol. The van der Waals surface area contributed by atoms with Crippen LogP contribution in [0.3, 0.4) is 0 Å². The van der Waals surface area contributed by atoms with Gasteiger partial charge in [0.05, 0.1) is 18.6 Å². The number of hydrogen-bond acceptors (Lipinski definition) is 7. The summed E-state index contributed by atoms with van der Waals surface area (Å²) in [5.41, 5.74) is 0.229. The van der Waals surface area contributed by atoms with Gasteiger partial charge in [-0.15, -0.1) is 0 Å². The van der Waals surface area contributed by atoms with Gasteiger partial charge in [-0.25, -0.2) is 21.1 Å². The monoisotopic (exact) mass is 496 g/mol. The van der Waals surface area contributed by atoms with E-state index < -0.39 is 31.9 Å². The second kappa shape index (κ2) is 9.47. The van der Waals surface area contributed by atoms with Gasteiger partial charge in [-0.2, -0.15) is 4.31 Å². The van der Waals surface area contributed by atoms with Crippen molar-refractivity contribution in [3.05, 3.63) is 48.0 Å². The molecule has 0 unspecified atom stereocenters. The highest BCUT2D eigenvalue weighted by Crippen LogP contribution is 2.29. The van der Waals surface area contributed by atoms with Crippen LogP contribution in [-0.4, -0.2) is 78.1 Å². The molecule has 2 N–H and O–H groups in total. The Hall–Kier alpha value is -3.00. The molecule has 0 aliphatic carbocycles. The second-order valence-electron chi connectivity index (χ2n) is 7.32. The van der Waals surface area contributed by atoms with Gasteiger partial charge in [0.2, 0.25) is 26.0 Å². The number of nitrogens with zero attached hydrogens (tertiary/aromatic N) is 2. The van der Waals surface area contributed by atoms with Crippen LogP contribution in [0.4, 0.5) is 5.69 Å². The molecule has 1 aliphatic heterocycles. The van der Waals surface area contributed by atoms with Crippen molar-refractivity contribution in [2.45, 2.75) is 9.79 Å². The highest BCUT2D eigenvalue weighted by Gasteiger charge is 2.29. The largest absolute Gasteiger partial charge is 0.495 e. The first-order valence-electron chi connectivity index (χ1n) is 9.75. The predicted molar refractivity (Wildman–Crippen MR) is 120 cm³/mol. The zero-order valence-electron chi connectivity index (χ0n) is 18.2. The SMILES string of the molecule is COc1ccc(NC(=O)c2cccc(S(=O)(=O)N3CCNC(=O)C3)c2)cc1S(=O)(=O)N(C)C. The van der Waals surface area contributed by atoms with Crippen LogP contribution in [0.15, 0.2) is 52.3 Å². The van der Waals surface area contributed by atoms with Crippen molar-refractivity contribution in [2.24, 2.45) is 0 Å². The lowest BCUT2D eigenvalue weighted by molar-refractivity contribution is -0.122. The standard InChI is InChI=1S/C20H24N4O7S2/c1-23(2)33(29,30)18-12-15(7-8-17(18)31-3)22-20(26)14-5-4-6-16(11-14)32(27,28)24-10-9-21-19(25)13-24/h4-8,11-12H,9-10,13H2,1-3H3,(H,21,25)(H,22,26). The first-order chi connectivity index (χ1) is 15.5. The van der Waals surface area contributed by atoms with Gasteiger partial charge in [-0.1, -0.05) is 6.07 Å². The Kier molecular flexibility index (Phi) is 7.07. The summed E-state index contributed by atoms with van der Waals surface area (Å²) in [5, 5.41) is 5.13. The summed E-state index contributed by atoms with van der Waals surface area (Å²) >= 11 is 0. The van der Waals surface area contributed by atoms with E-state index in [0.29, 0.717) is 0 Å². The Balaban J connectivity index is 1.88. The fourth-order valence-corrected chi connectivity index (χ4v) is 5.64. The summed E-state index contributed by atoms with van der Waals surface area (Å²) in [6.45, 7) is 0.0289. The Morgan fingerprint density at radius 2 is 1.85 bits per heavy atom. The van der Waals surface area contributed by atoms with Crippen LogP contribution in [0, 0.1) is 0 Å². The fraction of sp³-hybridized carbons (Fsp3) is 0.300. The lowest BCUT2D eigenvalue weighted by Gasteiger charge is -2.26. The third kappa shape index (κ3) is 5.16. The van der Waals surface area contributed by atoms with E-state index >= 15 is 0 Å². The number of methoxy groups -OCH3 is 1. The molecule has 1 fully saturated rings. The number of ether oxygens (including phenoxy) is 1. The fourth-order valence-electron chi connectivity index (χ4n) is 3.12. The maximum Gasteiger partial charge on any atom is 0.255 e. The van der Waals surface area contributed by atoms with E-state index in [1.54, 1.807) is 0 Å². The van der Waals surface area contributed by atoms with Gasteiger partial charge >= 0.3 is 0 Å². The van der Waals surface area contributed by atoms with E-state index in [1.807, 2.05) is 0 Å². The number of anilines is 1. The quantitative estimate of drug-likeness (QED) is 0.562. The average Bonchev–Trinajstić information content (AvgIpc) is 2.79. The van der Waals surface area contributed by atoms with Gasteiger partial charge in [0.15, 0.2) is 0 Å². The smallest absolute Gasteiger partial charge is 0.255 e. The topological polar surface area (TPSA) is 142 Å². The van der Waals surface area contributed by atoms with E-state index in [4.69, 9.17) is 4.74 Å². The van der Waals surface area contributed by atoms with Gasteiger partial charge in [-0.05, 0) is 36.4 Å². The number of rotatable bonds is 7. The first-order valence-corrected chi connectivity index (χ1v) is 12.6. The van der Waals surface area contributed by atoms with Crippen molar-refractivity contribution in [3.8, 4) is 5.75 Å². The molecule has 1 saturated heterocycles. The minimum Gasteiger partial charge on any atom is -0.495 e. The van der Waals surface area contributed by atoms with Crippen molar-refractivity contribution in [1.29, 1.82) is 0 Å². The lowest BCUT2D eigenvalue weighted by atomic mass is 10.2. The maximum atomic E-state index is 12.9. The molecule has 3 rings (SSSR count). The molecule has 2 amide bonds. The van der Waals surface area contributed by atoms with Crippen LogP contribution in [0.5, 0.6) is 5.75 Å². The summed E-state index contributed by atoms with van der Waals surface area (Å²) in [5.74, 6) is -0.927. The third-order valence-corrected chi connectivity index (χ3v) is 8.59. The van der Waals surface area contributed by atoms with Crippen LogP contribution < -0.4 is 15.4 Å².